The lowest BCUT2D eigenvalue weighted by Crippen LogP contribution is -2.51. The van der Waals surface area contributed by atoms with Crippen LogP contribution in [0.4, 0.5) is 5.69 Å². The number of carbonyl (C=O) groups excluding carboxylic acids is 1. The summed E-state index contributed by atoms with van der Waals surface area (Å²) in [4.78, 5) is 14.6. The SMILES string of the molecule is CC(C(=O)Nc1ccc(C#N)c(Cl)c1)N1CCC2(CC1)OCCO2. The van der Waals surface area contributed by atoms with Crippen LogP contribution < -0.4 is 5.32 Å². The number of nitriles is 1. The van der Waals surface area contributed by atoms with Crippen LogP contribution in [0.15, 0.2) is 18.2 Å². The van der Waals surface area contributed by atoms with Crippen LogP contribution in [0, 0.1) is 11.3 Å². The first-order valence-corrected chi connectivity index (χ1v) is 8.43. The van der Waals surface area contributed by atoms with Gasteiger partial charge in [-0.05, 0) is 25.1 Å². The normalized spacial score (nSPS) is 21.4. The summed E-state index contributed by atoms with van der Waals surface area (Å²) in [6.45, 7) is 4.69. The third kappa shape index (κ3) is 3.55. The Kier molecular flexibility index (Phi) is 5.07. The maximum absolute atomic E-state index is 12.5. The lowest BCUT2D eigenvalue weighted by atomic mass is 10.0. The lowest BCUT2D eigenvalue weighted by molar-refractivity contribution is -0.187. The second kappa shape index (κ2) is 7.08. The van der Waals surface area contributed by atoms with Gasteiger partial charge in [-0.1, -0.05) is 11.6 Å². The molecule has 0 radical (unpaired) electrons. The number of rotatable bonds is 3. The lowest BCUT2D eigenvalue weighted by Gasteiger charge is -2.39. The van der Waals surface area contributed by atoms with Crippen molar-refractivity contribution in [2.45, 2.75) is 31.6 Å². The minimum atomic E-state index is -0.437. The quantitative estimate of drug-likeness (QED) is 0.906. The van der Waals surface area contributed by atoms with Gasteiger partial charge in [0.15, 0.2) is 5.79 Å². The largest absolute Gasteiger partial charge is 0.347 e. The summed E-state index contributed by atoms with van der Waals surface area (Å²) in [5.74, 6) is -0.534. The molecule has 0 saturated carbocycles. The van der Waals surface area contributed by atoms with Crippen LogP contribution in [0.2, 0.25) is 5.02 Å². The van der Waals surface area contributed by atoms with Gasteiger partial charge in [0.2, 0.25) is 5.91 Å². The molecule has 0 bridgehead atoms. The van der Waals surface area contributed by atoms with Gasteiger partial charge in [0.05, 0.1) is 29.8 Å². The number of likely N-dealkylation sites (tertiary alicyclic amines) is 1. The zero-order valence-electron chi connectivity index (χ0n) is 13.5. The van der Waals surface area contributed by atoms with E-state index >= 15 is 0 Å². The van der Waals surface area contributed by atoms with Gasteiger partial charge in [-0.15, -0.1) is 0 Å². The van der Waals surface area contributed by atoms with Gasteiger partial charge >= 0.3 is 0 Å². The van der Waals surface area contributed by atoms with E-state index in [-0.39, 0.29) is 11.9 Å². The van der Waals surface area contributed by atoms with E-state index in [0.717, 1.165) is 25.9 Å². The minimum Gasteiger partial charge on any atom is -0.347 e. The summed E-state index contributed by atoms with van der Waals surface area (Å²) in [5, 5.41) is 12.1. The van der Waals surface area contributed by atoms with Gasteiger partial charge in [0.1, 0.15) is 6.07 Å². The molecule has 1 N–H and O–H groups in total. The van der Waals surface area contributed by atoms with Crippen molar-refractivity contribution in [2.24, 2.45) is 0 Å². The highest BCUT2D eigenvalue weighted by Crippen LogP contribution is 2.32. The van der Waals surface area contributed by atoms with Crippen molar-refractivity contribution in [1.29, 1.82) is 5.26 Å². The van der Waals surface area contributed by atoms with E-state index in [1.165, 1.54) is 0 Å². The fourth-order valence-electron chi connectivity index (χ4n) is 3.13. The molecule has 0 aromatic heterocycles. The Morgan fingerprint density at radius 3 is 2.62 bits per heavy atom. The van der Waals surface area contributed by atoms with Crippen molar-refractivity contribution in [3.8, 4) is 6.07 Å². The van der Waals surface area contributed by atoms with E-state index < -0.39 is 5.79 Å². The van der Waals surface area contributed by atoms with Crippen LogP contribution >= 0.6 is 11.6 Å². The second-order valence-electron chi connectivity index (χ2n) is 6.12. The van der Waals surface area contributed by atoms with E-state index in [0.29, 0.717) is 29.5 Å². The van der Waals surface area contributed by atoms with Crippen LogP contribution in [0.25, 0.3) is 0 Å². The third-order valence-electron chi connectivity index (χ3n) is 4.66. The molecule has 1 aromatic rings. The molecule has 7 heteroatoms. The van der Waals surface area contributed by atoms with E-state index in [2.05, 4.69) is 10.2 Å². The molecule has 128 valence electrons. The maximum atomic E-state index is 12.5. The number of hydrogen-bond acceptors (Lipinski definition) is 5. The van der Waals surface area contributed by atoms with Crippen LogP contribution in [-0.4, -0.2) is 48.9 Å². The van der Waals surface area contributed by atoms with Crippen molar-refractivity contribution >= 4 is 23.2 Å². The first-order chi connectivity index (χ1) is 11.5. The van der Waals surface area contributed by atoms with Crippen molar-refractivity contribution < 1.29 is 14.3 Å². The molecule has 2 saturated heterocycles. The van der Waals surface area contributed by atoms with Crippen molar-refractivity contribution in [3.05, 3.63) is 28.8 Å². The smallest absolute Gasteiger partial charge is 0.241 e. The summed E-state index contributed by atoms with van der Waals surface area (Å²) >= 11 is 6.00. The molecular formula is C17H20ClN3O3. The Labute approximate surface area is 146 Å². The molecular weight excluding hydrogens is 330 g/mol. The predicted octanol–water partition coefficient (Wildman–Crippen LogP) is 2.38. The van der Waals surface area contributed by atoms with Gasteiger partial charge in [-0.2, -0.15) is 5.26 Å². The second-order valence-corrected chi connectivity index (χ2v) is 6.52. The van der Waals surface area contributed by atoms with Gasteiger partial charge < -0.3 is 14.8 Å². The van der Waals surface area contributed by atoms with Crippen molar-refractivity contribution in [1.82, 2.24) is 4.90 Å². The Morgan fingerprint density at radius 1 is 1.38 bits per heavy atom. The molecule has 2 aliphatic rings. The van der Waals surface area contributed by atoms with E-state index in [1.54, 1.807) is 18.2 Å². The highest BCUT2D eigenvalue weighted by Gasteiger charge is 2.41. The number of ether oxygens (including phenoxy) is 2. The number of halogens is 1. The van der Waals surface area contributed by atoms with Crippen molar-refractivity contribution in [2.75, 3.05) is 31.6 Å². The van der Waals surface area contributed by atoms with E-state index in [9.17, 15) is 4.79 Å². The van der Waals surface area contributed by atoms with Crippen LogP contribution in [-0.2, 0) is 14.3 Å². The van der Waals surface area contributed by atoms with Gasteiger partial charge in [-0.3, -0.25) is 9.69 Å². The Balaban J connectivity index is 1.57. The highest BCUT2D eigenvalue weighted by molar-refractivity contribution is 6.32. The predicted molar refractivity (Wildman–Crippen MR) is 89.7 cm³/mol. The Bertz CT molecular complexity index is 658. The summed E-state index contributed by atoms with van der Waals surface area (Å²) in [6, 6.07) is 6.61. The molecule has 2 fully saturated rings. The fraction of sp³-hybridized carbons (Fsp3) is 0.529. The van der Waals surface area contributed by atoms with E-state index in [4.69, 9.17) is 26.3 Å². The number of piperidine rings is 1. The third-order valence-corrected chi connectivity index (χ3v) is 4.97. The fourth-order valence-corrected chi connectivity index (χ4v) is 3.36. The molecule has 0 aliphatic carbocycles. The first-order valence-electron chi connectivity index (χ1n) is 8.05. The summed E-state index contributed by atoms with van der Waals surface area (Å²) in [6.07, 6.45) is 1.54. The van der Waals surface area contributed by atoms with Crippen molar-refractivity contribution in [3.63, 3.8) is 0 Å². The van der Waals surface area contributed by atoms with Gasteiger partial charge in [-0.25, -0.2) is 0 Å². The Hall–Kier alpha value is -1.65. The topological polar surface area (TPSA) is 74.6 Å². The molecule has 2 aliphatic heterocycles. The van der Waals surface area contributed by atoms with Crippen LogP contribution in [0.5, 0.6) is 0 Å². The van der Waals surface area contributed by atoms with E-state index in [1.807, 2.05) is 13.0 Å². The number of anilines is 1. The van der Waals surface area contributed by atoms with Gasteiger partial charge in [0, 0.05) is 31.6 Å². The number of amides is 1. The summed E-state index contributed by atoms with van der Waals surface area (Å²) in [5.41, 5.74) is 0.979. The summed E-state index contributed by atoms with van der Waals surface area (Å²) < 4.78 is 11.4. The molecule has 1 spiro atoms. The molecule has 1 atom stereocenters. The monoisotopic (exact) mass is 349 g/mol. The molecule has 1 unspecified atom stereocenters. The Morgan fingerprint density at radius 2 is 2.04 bits per heavy atom. The standard InChI is InChI=1S/C17H20ClN3O3/c1-12(21-6-4-17(5-7-21)23-8-9-24-17)16(22)20-14-3-2-13(11-19)15(18)10-14/h2-3,10,12H,4-9H2,1H3,(H,20,22). The number of nitrogens with one attached hydrogen (secondary N) is 1. The number of nitrogens with zero attached hydrogens (tertiary/aromatic N) is 2. The average Bonchev–Trinajstić information content (AvgIpc) is 3.03. The average molecular weight is 350 g/mol. The number of benzene rings is 1. The number of hydrogen-bond donors (Lipinski definition) is 1. The van der Waals surface area contributed by atoms with Crippen LogP contribution in [0.1, 0.15) is 25.3 Å². The van der Waals surface area contributed by atoms with Crippen LogP contribution in [0.3, 0.4) is 0 Å². The van der Waals surface area contributed by atoms with Gasteiger partial charge in [0.25, 0.3) is 0 Å². The molecule has 2 heterocycles. The molecule has 24 heavy (non-hydrogen) atoms. The number of carbonyl (C=O) groups is 1. The molecule has 1 amide bonds. The molecule has 3 rings (SSSR count). The highest BCUT2D eigenvalue weighted by atomic mass is 35.5. The minimum absolute atomic E-state index is 0.0972. The zero-order chi connectivity index (χ0) is 17.2. The zero-order valence-corrected chi connectivity index (χ0v) is 14.3. The molecule has 6 nitrogen and oxygen atoms in total. The summed E-state index contributed by atoms with van der Waals surface area (Å²) in [7, 11) is 0. The first kappa shape index (κ1) is 17.2. The maximum Gasteiger partial charge on any atom is 0.241 e. The molecule has 1 aromatic carbocycles.